The van der Waals surface area contributed by atoms with Gasteiger partial charge in [-0.3, -0.25) is 0 Å². The molecule has 0 rings (SSSR count). The van der Waals surface area contributed by atoms with Crippen LogP contribution in [0.25, 0.3) is 0 Å². The van der Waals surface area contributed by atoms with Gasteiger partial charge >= 0.3 is 5.97 Å². The van der Waals surface area contributed by atoms with Crippen LogP contribution in [0, 0.1) is 0 Å². The normalized spacial score (nSPS) is 7.00. The van der Waals surface area contributed by atoms with Gasteiger partial charge < -0.3 is 9.94 Å². The van der Waals surface area contributed by atoms with Crippen LogP contribution in [-0.2, 0) is 9.63 Å². The lowest BCUT2D eigenvalue weighted by Crippen LogP contribution is -2.02. The number of hydrogen-bond acceptors (Lipinski definition) is 4. The Balaban J connectivity index is 3.18. The first-order valence-corrected chi connectivity index (χ1v) is 2.09. The lowest BCUT2D eigenvalue weighted by atomic mass is 10.8. The van der Waals surface area contributed by atoms with Crippen LogP contribution < -0.4 is 0 Å². The molecule has 1 N–H and O–H groups in total. The first-order chi connectivity index (χ1) is 3.77. The number of nitrogens with zero attached hydrogens (tertiary/aromatic N) is 1. The van der Waals surface area contributed by atoms with E-state index in [9.17, 15) is 4.79 Å². The van der Waals surface area contributed by atoms with Crippen molar-refractivity contribution in [3.8, 4) is 0 Å². The zero-order valence-corrected chi connectivity index (χ0v) is 4.64. The molecule has 0 aliphatic carbocycles. The molecule has 0 unspecified atom stereocenters. The van der Waals surface area contributed by atoms with Gasteiger partial charge in [0.1, 0.15) is 5.16 Å². The number of carbonyl (C=O) groups is 1. The summed E-state index contributed by atoms with van der Waals surface area (Å²) < 4.78 is 0. The van der Waals surface area contributed by atoms with Crippen molar-refractivity contribution in [2.45, 2.75) is 0 Å². The van der Waals surface area contributed by atoms with E-state index in [2.05, 4.69) is 22.2 Å². The van der Waals surface area contributed by atoms with E-state index in [-0.39, 0.29) is 0 Å². The maximum absolute atomic E-state index is 9.63. The van der Waals surface area contributed by atoms with E-state index in [1.165, 1.54) is 0 Å². The molecule has 0 aromatic rings. The quantitative estimate of drug-likeness (QED) is 0.337. The van der Waals surface area contributed by atoms with E-state index in [4.69, 9.17) is 5.11 Å². The van der Waals surface area contributed by atoms with Crippen molar-refractivity contribution in [3.05, 3.63) is 0 Å². The van der Waals surface area contributed by atoms with E-state index in [1.54, 1.807) is 0 Å². The number of thiocarbonyl (C=S) groups is 1. The van der Waals surface area contributed by atoms with Crippen LogP contribution in [0.1, 0.15) is 0 Å². The molecule has 4 nitrogen and oxygen atoms in total. The summed E-state index contributed by atoms with van der Waals surface area (Å²) in [4.78, 5) is 13.7. The molecule has 0 bridgehead atoms. The van der Waals surface area contributed by atoms with Crippen LogP contribution in [0.3, 0.4) is 0 Å². The van der Waals surface area contributed by atoms with Crippen molar-refractivity contribution in [3.63, 3.8) is 0 Å². The molecule has 0 fully saturated rings. The summed E-state index contributed by atoms with van der Waals surface area (Å²) in [6.45, 7) is -0.469. The van der Waals surface area contributed by atoms with Crippen molar-refractivity contribution in [2.24, 2.45) is 5.16 Å². The van der Waals surface area contributed by atoms with E-state index in [0.717, 1.165) is 0 Å². The van der Waals surface area contributed by atoms with E-state index >= 15 is 0 Å². The molecule has 5 heteroatoms. The molecule has 8 heavy (non-hydrogen) atoms. The zero-order chi connectivity index (χ0) is 6.41. The molecule has 0 heterocycles. The predicted octanol–water partition coefficient (Wildman–Crippen LogP) is 0.105. The van der Waals surface area contributed by atoms with Gasteiger partial charge in [0.15, 0.2) is 0 Å². The molecule has 0 saturated carbocycles. The second-order valence-corrected chi connectivity index (χ2v) is 1.03. The van der Waals surface area contributed by atoms with E-state index < -0.39 is 12.6 Å². The molecule has 44 valence electrons. The Kier molecular flexibility index (Phi) is 3.74. The molecular formula is C3H3NO3S. The monoisotopic (exact) mass is 133 g/mol. The van der Waals surface area contributed by atoms with Crippen LogP contribution in [0.2, 0.25) is 0 Å². The SMILES string of the molecule is O=C(O)CON=C=S. The molecule has 0 aromatic heterocycles. The third-order valence-corrected chi connectivity index (χ3v) is 0.364. The highest BCUT2D eigenvalue weighted by atomic mass is 32.1. The van der Waals surface area contributed by atoms with Crippen molar-refractivity contribution < 1.29 is 14.7 Å². The molecule has 0 radical (unpaired) electrons. The van der Waals surface area contributed by atoms with Crippen LogP contribution in [0.15, 0.2) is 5.16 Å². The van der Waals surface area contributed by atoms with Gasteiger partial charge in [0, 0.05) is 0 Å². The average molecular weight is 133 g/mol. The highest BCUT2D eigenvalue weighted by Gasteiger charge is 1.91. The van der Waals surface area contributed by atoms with Crippen LogP contribution in [-0.4, -0.2) is 22.8 Å². The number of carboxylic acids is 1. The van der Waals surface area contributed by atoms with Gasteiger partial charge in [0.25, 0.3) is 0 Å². The molecule has 0 aliphatic heterocycles. The molecule has 0 amide bonds. The standard InChI is InChI=1S/C3H3NO3S/c5-3(6)1-7-4-2-8/h1H2,(H,5,6). The fourth-order valence-electron chi connectivity index (χ4n) is 0.114. The first kappa shape index (κ1) is 7.07. The fraction of sp³-hybridized carbons (Fsp3) is 0.333. The number of hydrogen-bond donors (Lipinski definition) is 1. The Morgan fingerprint density at radius 1 is 2.00 bits per heavy atom. The largest absolute Gasteiger partial charge is 0.479 e. The van der Waals surface area contributed by atoms with Gasteiger partial charge in [-0.2, -0.15) is 0 Å². The molecule has 0 aliphatic rings. The number of aliphatic carboxylic acids is 1. The Morgan fingerprint density at radius 2 is 2.62 bits per heavy atom. The van der Waals surface area contributed by atoms with Crippen LogP contribution in [0.4, 0.5) is 0 Å². The number of isothiocyanates is 1. The van der Waals surface area contributed by atoms with E-state index in [1.807, 2.05) is 5.16 Å². The highest BCUT2D eigenvalue weighted by molar-refractivity contribution is 7.78. The maximum atomic E-state index is 9.63. The molecule has 0 aromatic carbocycles. The van der Waals surface area contributed by atoms with Crippen molar-refractivity contribution in [1.29, 1.82) is 0 Å². The van der Waals surface area contributed by atoms with Gasteiger partial charge in [-0.05, 0) is 17.4 Å². The third-order valence-electron chi connectivity index (χ3n) is 0.290. The Morgan fingerprint density at radius 3 is 3.00 bits per heavy atom. The Hall–Kier alpha value is -0.930. The minimum absolute atomic E-state index is 0.469. The smallest absolute Gasteiger partial charge is 0.344 e. The van der Waals surface area contributed by atoms with Crippen LogP contribution >= 0.6 is 12.2 Å². The van der Waals surface area contributed by atoms with E-state index in [0.29, 0.717) is 0 Å². The molecule has 0 spiro atoms. The topological polar surface area (TPSA) is 58.9 Å². The minimum Gasteiger partial charge on any atom is -0.479 e. The minimum atomic E-state index is -1.08. The fourth-order valence-corrected chi connectivity index (χ4v) is 0.167. The average Bonchev–Trinajstić information content (AvgIpc) is 1.66. The van der Waals surface area contributed by atoms with Gasteiger partial charge in [-0.15, -0.1) is 0 Å². The second kappa shape index (κ2) is 4.23. The Bertz CT molecular complexity index is 126. The number of rotatable bonds is 3. The summed E-state index contributed by atoms with van der Waals surface area (Å²) in [6.07, 6.45) is 0. The summed E-state index contributed by atoms with van der Waals surface area (Å²) in [5, 5.41) is 12.6. The summed E-state index contributed by atoms with van der Waals surface area (Å²) >= 11 is 4.07. The maximum Gasteiger partial charge on any atom is 0.344 e. The summed E-state index contributed by atoms with van der Waals surface area (Å²) in [5.41, 5.74) is 0. The molecule has 0 atom stereocenters. The van der Waals surface area contributed by atoms with Crippen molar-refractivity contribution in [2.75, 3.05) is 6.61 Å². The van der Waals surface area contributed by atoms with Gasteiger partial charge in [-0.25, -0.2) is 4.79 Å². The van der Waals surface area contributed by atoms with Crippen molar-refractivity contribution >= 4 is 23.3 Å². The summed E-state index contributed by atoms with van der Waals surface area (Å²) in [6, 6.07) is 0. The Labute approximate surface area is 50.7 Å². The third kappa shape index (κ3) is 5.07. The summed E-state index contributed by atoms with van der Waals surface area (Å²) in [7, 11) is 0. The summed E-state index contributed by atoms with van der Waals surface area (Å²) in [5.74, 6) is -1.08. The van der Waals surface area contributed by atoms with Crippen LogP contribution in [0.5, 0.6) is 0 Å². The lowest BCUT2D eigenvalue weighted by molar-refractivity contribution is -0.142. The first-order valence-electron chi connectivity index (χ1n) is 1.68. The van der Waals surface area contributed by atoms with Crippen molar-refractivity contribution in [1.82, 2.24) is 0 Å². The predicted molar refractivity (Wildman–Crippen MR) is 28.6 cm³/mol. The lowest BCUT2D eigenvalue weighted by Gasteiger charge is -1.85. The number of carboxylic acid groups (broad SMARTS) is 1. The van der Waals surface area contributed by atoms with Gasteiger partial charge in [0.05, 0.1) is 0 Å². The van der Waals surface area contributed by atoms with Gasteiger partial charge in [0.2, 0.25) is 6.61 Å². The second-order valence-electron chi connectivity index (χ2n) is 0.850. The highest BCUT2D eigenvalue weighted by Crippen LogP contribution is 1.71. The molecule has 0 saturated heterocycles. The molecular weight excluding hydrogens is 130 g/mol. The zero-order valence-electron chi connectivity index (χ0n) is 3.83. The van der Waals surface area contributed by atoms with Gasteiger partial charge in [-0.1, -0.05) is 0 Å².